The average molecular weight is 369 g/mol. The van der Waals surface area contributed by atoms with Crippen molar-refractivity contribution in [1.82, 2.24) is 10.2 Å². The molecule has 0 spiro atoms. The molecule has 1 aromatic rings. The number of halogens is 1. The lowest BCUT2D eigenvalue weighted by molar-refractivity contribution is 0.0299. The molecule has 140 valence electrons. The fourth-order valence-corrected chi connectivity index (χ4v) is 3.72. The lowest BCUT2D eigenvalue weighted by Crippen LogP contribution is -2.44. The number of nitrogens with one attached hydrogen (secondary N) is 1. The van der Waals surface area contributed by atoms with Crippen molar-refractivity contribution < 1.29 is 14.6 Å². The van der Waals surface area contributed by atoms with Crippen LogP contribution in [0, 0.1) is 5.41 Å². The van der Waals surface area contributed by atoms with Crippen LogP contribution in [0.2, 0.25) is 0 Å². The van der Waals surface area contributed by atoms with Crippen LogP contribution >= 0.6 is 12.4 Å². The number of nitrogens with zero attached hydrogens (tertiary/aromatic N) is 1. The molecular formula is C19H29ClN2O3. The van der Waals surface area contributed by atoms with Crippen molar-refractivity contribution in [2.45, 2.75) is 32.1 Å². The fraction of sp³-hybridized carbons (Fsp3) is 0.632. The van der Waals surface area contributed by atoms with Crippen LogP contribution < -0.4 is 10.1 Å². The molecule has 4 rings (SSSR count). The standard InChI is InChI=1S/C19H28N2O3.ClH/c22-15-19-7-3-4-10-20-11-14-24-17-6-2-1-5-16(17)18(23)21(12-8-19)13-9-19;/h1-2,5-6,20,22H,3-4,7-15H2;1H. The maximum Gasteiger partial charge on any atom is 0.257 e. The molecule has 3 heterocycles. The zero-order valence-corrected chi connectivity index (χ0v) is 15.5. The average Bonchev–Trinajstić information content (AvgIpc) is 2.64. The van der Waals surface area contributed by atoms with Crippen LogP contribution in [0.15, 0.2) is 24.3 Å². The van der Waals surface area contributed by atoms with E-state index in [1.54, 1.807) is 0 Å². The minimum atomic E-state index is -0.00697. The van der Waals surface area contributed by atoms with Crippen LogP contribution in [0.25, 0.3) is 0 Å². The summed E-state index contributed by atoms with van der Waals surface area (Å²) in [6, 6.07) is 7.50. The first kappa shape index (κ1) is 20.0. The van der Waals surface area contributed by atoms with Gasteiger partial charge in [-0.05, 0) is 49.8 Å². The molecule has 0 aromatic heterocycles. The van der Waals surface area contributed by atoms with E-state index in [1.165, 1.54) is 0 Å². The van der Waals surface area contributed by atoms with Gasteiger partial charge in [-0.3, -0.25) is 4.79 Å². The molecular weight excluding hydrogens is 340 g/mol. The van der Waals surface area contributed by atoms with E-state index in [4.69, 9.17) is 4.74 Å². The van der Waals surface area contributed by atoms with Gasteiger partial charge >= 0.3 is 0 Å². The van der Waals surface area contributed by atoms with Gasteiger partial charge in [0, 0.05) is 26.2 Å². The van der Waals surface area contributed by atoms with Crippen molar-refractivity contribution in [1.29, 1.82) is 0 Å². The molecule has 5 nitrogen and oxygen atoms in total. The molecule has 3 aliphatic rings. The number of piperidine rings is 1. The summed E-state index contributed by atoms with van der Waals surface area (Å²) in [5, 5.41) is 13.3. The van der Waals surface area contributed by atoms with Gasteiger partial charge in [0.1, 0.15) is 12.4 Å². The molecule has 0 saturated carbocycles. The number of rotatable bonds is 1. The fourth-order valence-electron chi connectivity index (χ4n) is 3.72. The molecule has 1 fully saturated rings. The Kier molecular flexibility index (Phi) is 7.54. The van der Waals surface area contributed by atoms with Gasteiger partial charge < -0.3 is 20.1 Å². The molecule has 2 bridgehead atoms. The van der Waals surface area contributed by atoms with Crippen LogP contribution in [0.3, 0.4) is 0 Å². The van der Waals surface area contributed by atoms with E-state index in [2.05, 4.69) is 5.32 Å². The van der Waals surface area contributed by atoms with Gasteiger partial charge in [-0.25, -0.2) is 0 Å². The van der Waals surface area contributed by atoms with Gasteiger partial charge in [-0.15, -0.1) is 12.4 Å². The van der Waals surface area contributed by atoms with Gasteiger partial charge in [0.25, 0.3) is 5.91 Å². The summed E-state index contributed by atoms with van der Waals surface area (Å²) in [6.45, 7) is 3.96. The van der Waals surface area contributed by atoms with Crippen LogP contribution in [0.5, 0.6) is 5.75 Å². The Labute approximate surface area is 156 Å². The second-order valence-electron chi connectivity index (χ2n) is 7.00. The number of carbonyl (C=O) groups excluding carboxylic acids is 1. The van der Waals surface area contributed by atoms with Crippen LogP contribution in [-0.4, -0.2) is 55.3 Å². The lowest BCUT2D eigenvalue weighted by Gasteiger charge is -2.41. The number of fused-ring (bicyclic) bond motifs is 9. The SMILES string of the molecule is Cl.O=C1c2ccccc2OCCNCCCCC2(CO)CCN1CC2. The summed E-state index contributed by atoms with van der Waals surface area (Å²) < 4.78 is 5.83. The van der Waals surface area contributed by atoms with Crippen molar-refractivity contribution in [3.63, 3.8) is 0 Å². The van der Waals surface area contributed by atoms with Gasteiger partial charge in [0.05, 0.1) is 5.56 Å². The van der Waals surface area contributed by atoms with E-state index in [0.717, 1.165) is 45.2 Å². The molecule has 0 atom stereocenters. The highest BCUT2D eigenvalue weighted by Crippen LogP contribution is 2.37. The topological polar surface area (TPSA) is 61.8 Å². The van der Waals surface area contributed by atoms with Crippen molar-refractivity contribution in [2.24, 2.45) is 5.41 Å². The summed E-state index contributed by atoms with van der Waals surface area (Å²) in [5.41, 5.74) is 0.636. The number of aliphatic hydroxyl groups excluding tert-OH is 1. The van der Waals surface area contributed by atoms with Gasteiger partial charge in [0.2, 0.25) is 0 Å². The monoisotopic (exact) mass is 368 g/mol. The molecule has 0 aliphatic carbocycles. The lowest BCUT2D eigenvalue weighted by atomic mass is 9.75. The Morgan fingerprint density at radius 2 is 1.88 bits per heavy atom. The minimum Gasteiger partial charge on any atom is -0.491 e. The Morgan fingerprint density at radius 1 is 1.12 bits per heavy atom. The van der Waals surface area contributed by atoms with Crippen LogP contribution in [0.1, 0.15) is 42.5 Å². The third kappa shape index (κ3) is 4.87. The molecule has 1 aromatic carbocycles. The molecule has 1 amide bonds. The first-order chi connectivity index (χ1) is 11.7. The highest BCUT2D eigenvalue weighted by atomic mass is 35.5. The van der Waals surface area contributed by atoms with Crippen molar-refractivity contribution in [2.75, 3.05) is 39.4 Å². The summed E-state index contributed by atoms with van der Waals surface area (Å²) >= 11 is 0. The molecule has 0 unspecified atom stereocenters. The quantitative estimate of drug-likeness (QED) is 0.799. The number of aliphatic hydroxyl groups is 1. The third-order valence-electron chi connectivity index (χ3n) is 5.41. The molecule has 0 radical (unpaired) electrons. The molecule has 25 heavy (non-hydrogen) atoms. The van der Waals surface area contributed by atoms with Gasteiger partial charge in [-0.1, -0.05) is 18.6 Å². The highest BCUT2D eigenvalue weighted by Gasteiger charge is 2.35. The summed E-state index contributed by atoms with van der Waals surface area (Å²) in [4.78, 5) is 14.8. The summed E-state index contributed by atoms with van der Waals surface area (Å²) in [6.07, 6.45) is 5.03. The predicted molar refractivity (Wildman–Crippen MR) is 101 cm³/mol. The second kappa shape index (κ2) is 9.41. The number of hydrogen-bond donors (Lipinski definition) is 2. The molecule has 3 aliphatic heterocycles. The zero-order chi connectivity index (χ0) is 16.8. The third-order valence-corrected chi connectivity index (χ3v) is 5.41. The summed E-state index contributed by atoms with van der Waals surface area (Å²) in [5.74, 6) is 0.707. The van der Waals surface area contributed by atoms with Gasteiger partial charge in [0.15, 0.2) is 0 Å². The highest BCUT2D eigenvalue weighted by molar-refractivity contribution is 5.97. The number of amides is 1. The molecule has 2 N–H and O–H groups in total. The van der Waals surface area contributed by atoms with Crippen molar-refractivity contribution in [3.8, 4) is 5.75 Å². The first-order valence-electron chi connectivity index (χ1n) is 9.07. The smallest absolute Gasteiger partial charge is 0.257 e. The Morgan fingerprint density at radius 3 is 2.64 bits per heavy atom. The second-order valence-corrected chi connectivity index (χ2v) is 7.00. The number of benzene rings is 1. The Bertz CT molecular complexity index is 559. The maximum absolute atomic E-state index is 12.9. The largest absolute Gasteiger partial charge is 0.491 e. The van der Waals surface area contributed by atoms with E-state index < -0.39 is 0 Å². The van der Waals surface area contributed by atoms with E-state index in [9.17, 15) is 9.90 Å². The number of ether oxygens (including phenoxy) is 1. The zero-order valence-electron chi connectivity index (χ0n) is 14.7. The number of carbonyl (C=O) groups is 1. The van der Waals surface area contributed by atoms with E-state index in [-0.39, 0.29) is 30.3 Å². The van der Waals surface area contributed by atoms with E-state index >= 15 is 0 Å². The normalized spacial score (nSPS) is 21.3. The summed E-state index contributed by atoms with van der Waals surface area (Å²) in [7, 11) is 0. The van der Waals surface area contributed by atoms with Crippen LogP contribution in [0.4, 0.5) is 0 Å². The molecule has 1 saturated heterocycles. The maximum atomic E-state index is 12.9. The molecule has 6 heteroatoms. The minimum absolute atomic E-state index is 0. The number of hydrogen-bond acceptors (Lipinski definition) is 4. The first-order valence-corrected chi connectivity index (χ1v) is 9.07. The van der Waals surface area contributed by atoms with Crippen molar-refractivity contribution >= 4 is 18.3 Å². The number of para-hydroxylation sites is 1. The van der Waals surface area contributed by atoms with Gasteiger partial charge in [-0.2, -0.15) is 0 Å². The van der Waals surface area contributed by atoms with E-state index in [0.29, 0.717) is 31.0 Å². The van der Waals surface area contributed by atoms with E-state index in [1.807, 2.05) is 29.2 Å². The Balaban J connectivity index is 0.00000225. The van der Waals surface area contributed by atoms with Crippen LogP contribution in [-0.2, 0) is 0 Å². The Hall–Kier alpha value is -1.30. The van der Waals surface area contributed by atoms with Crippen molar-refractivity contribution in [3.05, 3.63) is 29.8 Å². The predicted octanol–water partition coefficient (Wildman–Crippen LogP) is 2.48.